The third-order valence-corrected chi connectivity index (χ3v) is 6.51. The van der Waals surface area contributed by atoms with Crippen molar-refractivity contribution in [2.24, 2.45) is 10.9 Å². The normalized spacial score (nSPS) is 21.4. The molecule has 0 radical (unpaired) electrons. The quantitative estimate of drug-likeness (QED) is 0.583. The van der Waals surface area contributed by atoms with Gasteiger partial charge in [0, 0.05) is 25.1 Å². The van der Waals surface area contributed by atoms with Crippen LogP contribution in [0, 0.1) is 0 Å². The third-order valence-electron chi connectivity index (χ3n) is 6.51. The Hall–Kier alpha value is -3.59. The Balaban J connectivity index is 1.10. The number of carbonyl (C=O) groups excluding carboxylic acids is 2. The number of oxime groups is 1. The van der Waals surface area contributed by atoms with Gasteiger partial charge in [-0.2, -0.15) is 0 Å². The van der Waals surface area contributed by atoms with Gasteiger partial charge in [-0.3, -0.25) is 9.69 Å². The average molecular weight is 464 g/mol. The van der Waals surface area contributed by atoms with Crippen LogP contribution in [0.4, 0.5) is 10.5 Å². The van der Waals surface area contributed by atoms with E-state index in [0.29, 0.717) is 25.2 Å². The van der Waals surface area contributed by atoms with E-state index in [1.54, 1.807) is 0 Å². The van der Waals surface area contributed by atoms with E-state index in [2.05, 4.69) is 26.8 Å². The van der Waals surface area contributed by atoms with Gasteiger partial charge in [-0.05, 0) is 66.4 Å². The van der Waals surface area contributed by atoms with Crippen LogP contribution in [0.25, 0.3) is 0 Å². The molecule has 0 aromatic heterocycles. The zero-order chi connectivity index (χ0) is 23.5. The number of ether oxygens (including phenoxy) is 1. The highest BCUT2D eigenvalue weighted by atomic mass is 16.6. The number of urea groups is 1. The standard InChI is InChI=1S/C25H29N5O4/c26-24(31)22-5-2-9-30(22)15-16-3-1-4-19(11-16)28-25(32)27-14-20-13-21(29-34-20)17-6-7-23-18(12-17)8-10-33-23/h1,3-4,6-7,11-12,20,22H,2,5,8-10,13-15H2,(H2,26,31)(H2,27,28,32). The Labute approximate surface area is 198 Å². The first-order chi connectivity index (χ1) is 16.5. The topological polar surface area (TPSA) is 118 Å². The minimum absolute atomic E-state index is 0.211. The molecule has 9 heteroatoms. The van der Waals surface area contributed by atoms with Crippen LogP contribution in [0.1, 0.15) is 36.0 Å². The number of likely N-dealkylation sites (tertiary alicyclic amines) is 1. The van der Waals surface area contributed by atoms with Gasteiger partial charge in [0.1, 0.15) is 5.75 Å². The van der Waals surface area contributed by atoms with Crippen LogP contribution in [0.15, 0.2) is 47.6 Å². The van der Waals surface area contributed by atoms with E-state index in [0.717, 1.165) is 55.0 Å². The lowest BCUT2D eigenvalue weighted by molar-refractivity contribution is -0.122. The molecule has 0 bridgehead atoms. The molecule has 3 heterocycles. The van der Waals surface area contributed by atoms with Gasteiger partial charge in [-0.15, -0.1) is 0 Å². The summed E-state index contributed by atoms with van der Waals surface area (Å²) in [7, 11) is 0. The molecule has 4 N–H and O–H groups in total. The minimum Gasteiger partial charge on any atom is -0.493 e. The fourth-order valence-electron chi connectivity index (χ4n) is 4.78. The summed E-state index contributed by atoms with van der Waals surface area (Å²) in [6, 6.07) is 13.2. The first-order valence-corrected chi connectivity index (χ1v) is 11.7. The lowest BCUT2D eigenvalue weighted by Gasteiger charge is -2.22. The van der Waals surface area contributed by atoms with Crippen LogP contribution in [-0.2, 0) is 22.6 Å². The molecule has 5 rings (SSSR count). The molecule has 34 heavy (non-hydrogen) atoms. The van der Waals surface area contributed by atoms with Crippen molar-refractivity contribution in [2.75, 3.05) is 25.0 Å². The van der Waals surface area contributed by atoms with Gasteiger partial charge in [0.25, 0.3) is 0 Å². The van der Waals surface area contributed by atoms with Crippen LogP contribution in [0.3, 0.4) is 0 Å². The third kappa shape index (κ3) is 4.99. The van der Waals surface area contributed by atoms with Crippen LogP contribution < -0.4 is 21.1 Å². The van der Waals surface area contributed by atoms with E-state index in [1.807, 2.05) is 36.4 Å². The van der Waals surface area contributed by atoms with Crippen molar-refractivity contribution >= 4 is 23.3 Å². The summed E-state index contributed by atoms with van der Waals surface area (Å²) in [5, 5.41) is 9.95. The zero-order valence-electron chi connectivity index (χ0n) is 19.0. The summed E-state index contributed by atoms with van der Waals surface area (Å²) in [6.45, 7) is 2.53. The molecule has 2 atom stereocenters. The lowest BCUT2D eigenvalue weighted by Crippen LogP contribution is -2.39. The second-order valence-electron chi connectivity index (χ2n) is 8.96. The maximum Gasteiger partial charge on any atom is 0.319 e. The number of carbonyl (C=O) groups is 2. The predicted molar refractivity (Wildman–Crippen MR) is 128 cm³/mol. The van der Waals surface area contributed by atoms with Gasteiger partial charge in [0.15, 0.2) is 6.10 Å². The highest BCUT2D eigenvalue weighted by molar-refractivity contribution is 6.01. The molecule has 9 nitrogen and oxygen atoms in total. The predicted octanol–water partition coefficient (Wildman–Crippen LogP) is 2.39. The van der Waals surface area contributed by atoms with E-state index < -0.39 is 0 Å². The summed E-state index contributed by atoms with van der Waals surface area (Å²) < 4.78 is 5.56. The molecule has 1 fully saturated rings. The number of benzene rings is 2. The molecule has 3 aliphatic heterocycles. The van der Waals surface area contributed by atoms with Gasteiger partial charge in [-0.25, -0.2) is 4.79 Å². The van der Waals surface area contributed by atoms with Crippen molar-refractivity contribution in [3.8, 4) is 5.75 Å². The highest BCUT2D eigenvalue weighted by Gasteiger charge is 2.29. The average Bonchev–Trinajstić information content (AvgIpc) is 3.58. The first-order valence-electron chi connectivity index (χ1n) is 11.7. The monoisotopic (exact) mass is 463 g/mol. The summed E-state index contributed by atoms with van der Waals surface area (Å²) in [4.78, 5) is 31.7. The van der Waals surface area contributed by atoms with Gasteiger partial charge in [0.05, 0.1) is 24.9 Å². The molecular formula is C25H29N5O4. The Morgan fingerprint density at radius 1 is 1.21 bits per heavy atom. The largest absolute Gasteiger partial charge is 0.493 e. The smallest absolute Gasteiger partial charge is 0.319 e. The van der Waals surface area contributed by atoms with E-state index in [9.17, 15) is 9.59 Å². The second kappa shape index (κ2) is 9.72. The number of rotatable bonds is 7. The van der Waals surface area contributed by atoms with E-state index in [4.69, 9.17) is 15.3 Å². The van der Waals surface area contributed by atoms with E-state index in [1.165, 1.54) is 5.56 Å². The number of nitrogens with zero attached hydrogens (tertiary/aromatic N) is 2. The zero-order valence-corrected chi connectivity index (χ0v) is 19.0. The fraction of sp³-hybridized carbons (Fsp3) is 0.400. The molecule has 2 unspecified atom stereocenters. The number of primary amides is 1. The van der Waals surface area contributed by atoms with E-state index in [-0.39, 0.29) is 24.1 Å². The van der Waals surface area contributed by atoms with Crippen molar-refractivity contribution in [2.45, 2.75) is 44.4 Å². The molecule has 0 aliphatic carbocycles. The molecular weight excluding hydrogens is 434 g/mol. The van der Waals surface area contributed by atoms with Crippen LogP contribution in [0.2, 0.25) is 0 Å². The number of anilines is 1. The molecule has 0 saturated carbocycles. The molecule has 2 aromatic rings. The summed E-state index contributed by atoms with van der Waals surface area (Å²) in [6.07, 6.45) is 3.09. The number of nitrogens with two attached hydrogens (primary N) is 1. The summed E-state index contributed by atoms with van der Waals surface area (Å²) >= 11 is 0. The fourth-order valence-corrected chi connectivity index (χ4v) is 4.78. The van der Waals surface area contributed by atoms with Gasteiger partial charge >= 0.3 is 6.03 Å². The molecule has 0 spiro atoms. The minimum atomic E-state index is -0.305. The Morgan fingerprint density at radius 2 is 2.12 bits per heavy atom. The molecule has 2 aromatic carbocycles. The van der Waals surface area contributed by atoms with Crippen molar-refractivity contribution < 1.29 is 19.2 Å². The number of fused-ring (bicyclic) bond motifs is 1. The summed E-state index contributed by atoms with van der Waals surface area (Å²) in [5.41, 5.74) is 10.3. The Bertz CT molecular complexity index is 1120. The van der Waals surface area contributed by atoms with Crippen molar-refractivity contribution in [3.63, 3.8) is 0 Å². The molecule has 3 aliphatic rings. The van der Waals surface area contributed by atoms with Gasteiger partial charge in [-0.1, -0.05) is 17.3 Å². The van der Waals surface area contributed by atoms with Crippen molar-refractivity contribution in [1.29, 1.82) is 0 Å². The van der Waals surface area contributed by atoms with Gasteiger partial charge < -0.3 is 25.9 Å². The molecule has 1 saturated heterocycles. The second-order valence-corrected chi connectivity index (χ2v) is 8.96. The van der Waals surface area contributed by atoms with Crippen molar-refractivity contribution in [3.05, 3.63) is 59.2 Å². The summed E-state index contributed by atoms with van der Waals surface area (Å²) in [5.74, 6) is 0.660. The SMILES string of the molecule is NC(=O)C1CCCN1Cc1cccc(NC(=O)NCC2CC(c3ccc4c(c3)CCO4)=NO2)c1. The van der Waals surface area contributed by atoms with Gasteiger partial charge in [0.2, 0.25) is 5.91 Å². The number of amides is 3. The van der Waals surface area contributed by atoms with Crippen LogP contribution in [-0.4, -0.2) is 54.4 Å². The molecule has 3 amide bonds. The van der Waals surface area contributed by atoms with Crippen LogP contribution in [0.5, 0.6) is 5.75 Å². The number of hydrogen-bond donors (Lipinski definition) is 3. The van der Waals surface area contributed by atoms with Crippen molar-refractivity contribution in [1.82, 2.24) is 10.2 Å². The number of hydrogen-bond acceptors (Lipinski definition) is 6. The first kappa shape index (κ1) is 22.2. The number of nitrogens with one attached hydrogen (secondary N) is 2. The Kier molecular flexibility index (Phi) is 6.35. The highest BCUT2D eigenvalue weighted by Crippen LogP contribution is 2.28. The maximum absolute atomic E-state index is 12.4. The van der Waals surface area contributed by atoms with E-state index >= 15 is 0 Å². The Morgan fingerprint density at radius 3 is 3.00 bits per heavy atom. The molecule has 178 valence electrons. The van der Waals surface area contributed by atoms with Crippen LogP contribution >= 0.6 is 0 Å². The maximum atomic E-state index is 12.4. The lowest BCUT2D eigenvalue weighted by atomic mass is 10.0.